The predicted molar refractivity (Wildman–Crippen MR) is 48.5 cm³/mol. The van der Waals surface area contributed by atoms with Crippen molar-refractivity contribution in [2.75, 3.05) is 5.73 Å². The van der Waals surface area contributed by atoms with E-state index in [-0.39, 0.29) is 0 Å². The Morgan fingerprint density at radius 3 is 2.91 bits per heavy atom. The number of anilines is 1. The second-order valence-electron chi connectivity index (χ2n) is 2.74. The summed E-state index contributed by atoms with van der Waals surface area (Å²) in [5, 5.41) is 3.28. The van der Waals surface area contributed by atoms with Crippen molar-refractivity contribution in [3.05, 3.63) is 11.1 Å². The fourth-order valence-corrected chi connectivity index (χ4v) is 1.30. The second-order valence-corrected chi connectivity index (χ2v) is 3.63. The number of nitrogens with one attached hydrogen (secondary N) is 1. The van der Waals surface area contributed by atoms with Crippen molar-refractivity contribution in [3.63, 3.8) is 0 Å². The molecule has 0 atom stereocenters. The van der Waals surface area contributed by atoms with Gasteiger partial charge in [0.1, 0.15) is 0 Å². The summed E-state index contributed by atoms with van der Waals surface area (Å²) >= 11 is 1.45. The van der Waals surface area contributed by atoms with Gasteiger partial charge in [0.25, 0.3) is 0 Å². The summed E-state index contributed by atoms with van der Waals surface area (Å²) in [4.78, 5) is 1.12. The second kappa shape index (κ2) is 3.69. The molecule has 1 aromatic rings. The number of rotatable bonds is 3. The van der Waals surface area contributed by atoms with Crippen LogP contribution in [0.1, 0.15) is 18.7 Å². The van der Waals surface area contributed by atoms with E-state index < -0.39 is 0 Å². The highest BCUT2D eigenvalue weighted by Gasteiger charge is 2.01. The van der Waals surface area contributed by atoms with Crippen LogP contribution in [0.4, 0.5) is 5.69 Å². The molecule has 0 fully saturated rings. The molecule has 0 unspecified atom stereocenters. The number of nitrogens with zero attached hydrogens (tertiary/aromatic N) is 1. The van der Waals surface area contributed by atoms with Crippen LogP contribution in [0.15, 0.2) is 6.20 Å². The van der Waals surface area contributed by atoms with Crippen molar-refractivity contribution in [1.82, 2.24) is 9.69 Å². The monoisotopic (exact) mass is 171 g/mol. The van der Waals surface area contributed by atoms with Crippen molar-refractivity contribution >= 4 is 17.2 Å². The number of nitrogens with two attached hydrogens (primary N) is 1. The molecule has 0 aliphatic rings. The lowest BCUT2D eigenvalue weighted by molar-refractivity contribution is 0.594. The van der Waals surface area contributed by atoms with E-state index in [1.54, 1.807) is 6.20 Å². The quantitative estimate of drug-likeness (QED) is 0.719. The Morgan fingerprint density at radius 1 is 1.73 bits per heavy atom. The van der Waals surface area contributed by atoms with E-state index in [0.717, 1.165) is 17.1 Å². The molecule has 0 aliphatic carbocycles. The zero-order valence-corrected chi connectivity index (χ0v) is 7.61. The van der Waals surface area contributed by atoms with Crippen LogP contribution < -0.4 is 11.1 Å². The minimum atomic E-state index is 0.497. The molecule has 1 rings (SSSR count). The van der Waals surface area contributed by atoms with Gasteiger partial charge in [-0.1, -0.05) is 13.8 Å². The van der Waals surface area contributed by atoms with Gasteiger partial charge in [-0.15, -0.1) is 0 Å². The Hall–Kier alpha value is -0.610. The molecular formula is C7H13N3S. The van der Waals surface area contributed by atoms with E-state index in [9.17, 15) is 0 Å². The van der Waals surface area contributed by atoms with Crippen molar-refractivity contribution in [3.8, 4) is 0 Å². The molecular weight excluding hydrogens is 158 g/mol. The third-order valence-corrected chi connectivity index (χ3v) is 2.16. The molecule has 4 heteroatoms. The van der Waals surface area contributed by atoms with E-state index in [4.69, 9.17) is 5.73 Å². The van der Waals surface area contributed by atoms with Crippen molar-refractivity contribution in [2.24, 2.45) is 0 Å². The molecule has 3 nitrogen and oxygen atoms in total. The largest absolute Gasteiger partial charge is 0.396 e. The smallest absolute Gasteiger partial charge is 0.0672 e. The first-order valence-corrected chi connectivity index (χ1v) is 4.40. The summed E-state index contributed by atoms with van der Waals surface area (Å²) in [6.07, 6.45) is 1.70. The van der Waals surface area contributed by atoms with E-state index in [2.05, 4.69) is 23.5 Å². The van der Waals surface area contributed by atoms with Crippen molar-refractivity contribution < 1.29 is 0 Å². The Balaban J connectivity index is 2.44. The van der Waals surface area contributed by atoms with Crippen LogP contribution in [-0.2, 0) is 6.54 Å². The van der Waals surface area contributed by atoms with Crippen LogP contribution in [0.2, 0.25) is 0 Å². The predicted octanol–water partition coefficient (Wildman–Crippen LogP) is 1.22. The summed E-state index contributed by atoms with van der Waals surface area (Å²) in [6.45, 7) is 5.04. The highest BCUT2D eigenvalue weighted by atomic mass is 32.1. The van der Waals surface area contributed by atoms with Gasteiger partial charge in [-0.2, -0.15) is 4.37 Å². The number of hydrogen-bond donors (Lipinski definition) is 2. The SMILES string of the molecule is CC(C)NCc1sncc1N. The Bertz CT molecular complexity index is 219. The average Bonchev–Trinajstić information content (AvgIpc) is 2.31. The lowest BCUT2D eigenvalue weighted by atomic mass is 10.3. The molecule has 1 heterocycles. The molecule has 11 heavy (non-hydrogen) atoms. The van der Waals surface area contributed by atoms with Gasteiger partial charge in [0.2, 0.25) is 0 Å². The summed E-state index contributed by atoms with van der Waals surface area (Å²) < 4.78 is 3.98. The van der Waals surface area contributed by atoms with Crippen LogP contribution in [0.25, 0.3) is 0 Å². The molecule has 0 radical (unpaired) electrons. The summed E-state index contributed by atoms with van der Waals surface area (Å²) in [6, 6.07) is 0.497. The fraction of sp³-hybridized carbons (Fsp3) is 0.571. The standard InChI is InChI=1S/C7H13N3S/c1-5(2)9-4-7-6(8)3-10-11-7/h3,5,9H,4,8H2,1-2H3. The topological polar surface area (TPSA) is 50.9 Å². The summed E-state index contributed by atoms with van der Waals surface area (Å²) in [5.74, 6) is 0. The zero-order valence-electron chi connectivity index (χ0n) is 6.79. The van der Waals surface area contributed by atoms with Gasteiger partial charge >= 0.3 is 0 Å². The first-order valence-electron chi connectivity index (χ1n) is 3.62. The molecule has 0 amide bonds. The Labute approximate surface area is 70.8 Å². The molecule has 0 saturated heterocycles. The molecule has 0 spiro atoms. The number of hydrogen-bond acceptors (Lipinski definition) is 4. The number of nitrogen functional groups attached to an aromatic ring is 1. The fourth-order valence-electron chi connectivity index (χ4n) is 0.703. The van der Waals surface area contributed by atoms with Gasteiger partial charge in [0.15, 0.2) is 0 Å². The third-order valence-electron chi connectivity index (χ3n) is 1.35. The van der Waals surface area contributed by atoms with E-state index in [0.29, 0.717) is 6.04 Å². The maximum atomic E-state index is 5.63. The third kappa shape index (κ3) is 2.48. The van der Waals surface area contributed by atoms with Crippen LogP contribution >= 0.6 is 11.5 Å². The van der Waals surface area contributed by atoms with Crippen LogP contribution in [-0.4, -0.2) is 10.4 Å². The summed E-state index contributed by atoms with van der Waals surface area (Å²) in [7, 11) is 0. The molecule has 1 aromatic heterocycles. The van der Waals surface area contributed by atoms with E-state index >= 15 is 0 Å². The zero-order chi connectivity index (χ0) is 8.27. The maximum Gasteiger partial charge on any atom is 0.0672 e. The lowest BCUT2D eigenvalue weighted by Gasteiger charge is -2.05. The van der Waals surface area contributed by atoms with Crippen LogP contribution in [0.3, 0.4) is 0 Å². The average molecular weight is 171 g/mol. The minimum absolute atomic E-state index is 0.497. The summed E-state index contributed by atoms with van der Waals surface area (Å²) in [5.41, 5.74) is 6.43. The van der Waals surface area contributed by atoms with Crippen LogP contribution in [0.5, 0.6) is 0 Å². The molecule has 0 bridgehead atoms. The van der Waals surface area contributed by atoms with Crippen LogP contribution in [0, 0.1) is 0 Å². The first kappa shape index (κ1) is 8.49. The van der Waals surface area contributed by atoms with Gasteiger partial charge < -0.3 is 11.1 Å². The van der Waals surface area contributed by atoms with Gasteiger partial charge in [0.05, 0.1) is 16.8 Å². The normalized spacial score (nSPS) is 10.8. The van der Waals surface area contributed by atoms with Crippen molar-refractivity contribution in [1.29, 1.82) is 0 Å². The van der Waals surface area contributed by atoms with Gasteiger partial charge in [0, 0.05) is 12.6 Å². The van der Waals surface area contributed by atoms with Gasteiger partial charge in [-0.05, 0) is 11.5 Å². The lowest BCUT2D eigenvalue weighted by Crippen LogP contribution is -2.21. The maximum absolute atomic E-state index is 5.63. The highest BCUT2D eigenvalue weighted by Crippen LogP contribution is 2.14. The Kier molecular flexibility index (Phi) is 2.84. The van der Waals surface area contributed by atoms with Gasteiger partial charge in [-0.25, -0.2) is 0 Å². The molecule has 0 aliphatic heterocycles. The molecule has 62 valence electrons. The van der Waals surface area contributed by atoms with Crippen molar-refractivity contribution in [2.45, 2.75) is 26.4 Å². The van der Waals surface area contributed by atoms with E-state index in [1.807, 2.05) is 0 Å². The molecule has 0 saturated carbocycles. The minimum Gasteiger partial charge on any atom is -0.396 e. The number of aromatic nitrogens is 1. The van der Waals surface area contributed by atoms with E-state index in [1.165, 1.54) is 11.5 Å². The first-order chi connectivity index (χ1) is 5.20. The highest BCUT2D eigenvalue weighted by molar-refractivity contribution is 7.06. The molecule has 3 N–H and O–H groups in total. The molecule has 0 aromatic carbocycles. The Morgan fingerprint density at radius 2 is 2.45 bits per heavy atom. The van der Waals surface area contributed by atoms with Gasteiger partial charge in [-0.3, -0.25) is 0 Å².